The third-order valence-electron chi connectivity index (χ3n) is 6.27. The van der Waals surface area contributed by atoms with Crippen molar-refractivity contribution in [3.63, 3.8) is 0 Å². The molecule has 0 bridgehead atoms. The highest BCUT2D eigenvalue weighted by atomic mass is 19.1. The van der Waals surface area contributed by atoms with Crippen LogP contribution >= 0.6 is 0 Å². The number of aliphatic hydroxyl groups is 1. The zero-order valence-corrected chi connectivity index (χ0v) is 18.0. The lowest BCUT2D eigenvalue weighted by molar-refractivity contribution is -0.121. The second-order valence-electron chi connectivity index (χ2n) is 8.35. The minimum Gasteiger partial charge on any atom is -0.497 e. The predicted octanol–water partition coefficient (Wildman–Crippen LogP) is 2.51. The first-order valence-corrected chi connectivity index (χ1v) is 10.9. The number of amides is 2. The van der Waals surface area contributed by atoms with Crippen molar-refractivity contribution in [3.05, 3.63) is 59.9 Å². The molecule has 0 saturated carbocycles. The van der Waals surface area contributed by atoms with Gasteiger partial charge in [-0.1, -0.05) is 6.07 Å². The highest BCUT2D eigenvalue weighted by molar-refractivity contribution is 5.95. The molecule has 0 spiro atoms. The zero-order valence-electron chi connectivity index (χ0n) is 18.0. The number of nitrogens with zero attached hydrogens (tertiary/aromatic N) is 2. The summed E-state index contributed by atoms with van der Waals surface area (Å²) in [6.45, 7) is 1.59. The van der Waals surface area contributed by atoms with Crippen molar-refractivity contribution in [2.75, 3.05) is 32.1 Å². The van der Waals surface area contributed by atoms with Gasteiger partial charge in [-0.2, -0.15) is 0 Å². The number of piperidine rings is 1. The lowest BCUT2D eigenvalue weighted by Gasteiger charge is -2.39. The number of hydrogen-bond donors (Lipinski definition) is 2. The Bertz CT molecular complexity index is 960. The molecule has 7 nitrogen and oxygen atoms in total. The summed E-state index contributed by atoms with van der Waals surface area (Å²) in [6.07, 6.45) is 1.23. The maximum atomic E-state index is 13.1. The second kappa shape index (κ2) is 9.67. The van der Waals surface area contributed by atoms with Crippen LogP contribution in [0.1, 0.15) is 29.6 Å². The molecule has 2 fully saturated rings. The van der Waals surface area contributed by atoms with Crippen LogP contribution in [0.4, 0.5) is 10.1 Å². The van der Waals surface area contributed by atoms with E-state index in [1.54, 1.807) is 31.4 Å². The molecular weight excluding hydrogens is 413 g/mol. The van der Waals surface area contributed by atoms with Crippen LogP contribution in [0.3, 0.4) is 0 Å². The lowest BCUT2D eigenvalue weighted by atomic mass is 10.0. The summed E-state index contributed by atoms with van der Waals surface area (Å²) in [7, 11) is 1.57. The number of benzene rings is 2. The Balaban J connectivity index is 1.37. The largest absolute Gasteiger partial charge is 0.497 e. The number of anilines is 1. The Morgan fingerprint density at radius 2 is 1.84 bits per heavy atom. The number of carbonyl (C=O) groups excluding carboxylic acids is 2. The van der Waals surface area contributed by atoms with E-state index in [4.69, 9.17) is 4.74 Å². The topological polar surface area (TPSA) is 82.1 Å². The van der Waals surface area contributed by atoms with Gasteiger partial charge in [-0.25, -0.2) is 4.39 Å². The van der Waals surface area contributed by atoms with Gasteiger partial charge in [-0.05, 0) is 61.7 Å². The molecule has 0 unspecified atom stereocenters. The molecule has 0 radical (unpaired) electrons. The van der Waals surface area contributed by atoms with Gasteiger partial charge in [-0.3, -0.25) is 14.5 Å². The molecule has 2 N–H and O–H groups in total. The molecule has 2 aliphatic heterocycles. The number of nitrogens with one attached hydrogen (secondary N) is 1. The summed E-state index contributed by atoms with van der Waals surface area (Å²) in [5, 5.41) is 13.1. The number of ether oxygens (including phenoxy) is 1. The number of rotatable bonds is 5. The minimum absolute atomic E-state index is 0.0330. The van der Waals surface area contributed by atoms with E-state index in [1.165, 1.54) is 24.3 Å². The van der Waals surface area contributed by atoms with Crippen molar-refractivity contribution in [3.8, 4) is 5.75 Å². The lowest BCUT2D eigenvalue weighted by Crippen LogP contribution is -2.51. The van der Waals surface area contributed by atoms with Gasteiger partial charge in [0.2, 0.25) is 5.91 Å². The average Bonchev–Trinajstić information content (AvgIpc) is 3.22. The Morgan fingerprint density at radius 3 is 2.53 bits per heavy atom. The average molecular weight is 442 g/mol. The van der Waals surface area contributed by atoms with Gasteiger partial charge in [-0.15, -0.1) is 0 Å². The van der Waals surface area contributed by atoms with Crippen LogP contribution in [-0.4, -0.2) is 71.7 Å². The maximum absolute atomic E-state index is 13.1. The Kier molecular flexibility index (Phi) is 6.72. The van der Waals surface area contributed by atoms with Crippen LogP contribution in [0.2, 0.25) is 0 Å². The van der Waals surface area contributed by atoms with Crippen molar-refractivity contribution in [2.24, 2.45) is 0 Å². The van der Waals surface area contributed by atoms with Gasteiger partial charge >= 0.3 is 0 Å². The van der Waals surface area contributed by atoms with Gasteiger partial charge in [0, 0.05) is 36.9 Å². The van der Waals surface area contributed by atoms with Crippen molar-refractivity contribution in [2.45, 2.75) is 37.5 Å². The van der Waals surface area contributed by atoms with E-state index in [-0.39, 0.29) is 23.7 Å². The number of carbonyl (C=O) groups is 2. The van der Waals surface area contributed by atoms with E-state index in [1.807, 2.05) is 4.90 Å². The third-order valence-corrected chi connectivity index (χ3v) is 6.27. The number of β-amino-alcohol motifs (C(OH)–C–C–N with tert-alkyl or cyclic N) is 1. The molecule has 0 aliphatic carbocycles. The summed E-state index contributed by atoms with van der Waals surface area (Å²) in [6, 6.07) is 12.4. The van der Waals surface area contributed by atoms with E-state index in [9.17, 15) is 19.1 Å². The number of methoxy groups -OCH3 is 1. The van der Waals surface area contributed by atoms with Gasteiger partial charge < -0.3 is 20.1 Å². The first-order valence-electron chi connectivity index (χ1n) is 10.9. The van der Waals surface area contributed by atoms with Crippen LogP contribution in [-0.2, 0) is 4.79 Å². The highest BCUT2D eigenvalue weighted by Gasteiger charge is 2.41. The van der Waals surface area contributed by atoms with Gasteiger partial charge in [0.05, 0.1) is 19.3 Å². The first kappa shape index (κ1) is 22.2. The van der Waals surface area contributed by atoms with Crippen LogP contribution in [0.5, 0.6) is 5.75 Å². The van der Waals surface area contributed by atoms with Crippen molar-refractivity contribution < 1.29 is 23.8 Å². The summed E-state index contributed by atoms with van der Waals surface area (Å²) < 4.78 is 18.3. The van der Waals surface area contributed by atoms with Crippen LogP contribution in [0.15, 0.2) is 48.5 Å². The normalized spacial score (nSPS) is 22.0. The quantitative estimate of drug-likeness (QED) is 0.745. The summed E-state index contributed by atoms with van der Waals surface area (Å²) in [5.41, 5.74) is 1.12. The fraction of sp³-hybridized carbons (Fsp3) is 0.417. The molecular formula is C24H28FN3O4. The summed E-state index contributed by atoms with van der Waals surface area (Å²) in [5.74, 6) is 0.0421. The van der Waals surface area contributed by atoms with E-state index < -0.39 is 12.1 Å². The first-order chi connectivity index (χ1) is 15.4. The molecule has 2 aromatic rings. The maximum Gasteiger partial charge on any atom is 0.253 e. The van der Waals surface area contributed by atoms with E-state index in [0.717, 1.165) is 12.8 Å². The SMILES string of the molecule is COc1cccc(C(=O)N2CCC(N3C[C@H](O)C[C@H]3C(=O)Nc3ccc(F)cc3)CC2)c1. The fourth-order valence-corrected chi connectivity index (χ4v) is 4.60. The minimum atomic E-state index is -0.574. The molecule has 2 aromatic carbocycles. The monoisotopic (exact) mass is 441 g/mol. The molecule has 2 atom stereocenters. The molecule has 2 saturated heterocycles. The predicted molar refractivity (Wildman–Crippen MR) is 118 cm³/mol. The van der Waals surface area contributed by atoms with Crippen molar-refractivity contribution >= 4 is 17.5 Å². The van der Waals surface area contributed by atoms with Crippen molar-refractivity contribution in [1.29, 1.82) is 0 Å². The summed E-state index contributed by atoms with van der Waals surface area (Å²) in [4.78, 5) is 29.6. The van der Waals surface area contributed by atoms with E-state index in [0.29, 0.717) is 43.1 Å². The standard InChI is InChI=1S/C24H28FN3O4/c1-32-21-4-2-3-16(13-21)24(31)27-11-9-19(10-12-27)28-15-20(29)14-22(28)23(30)26-18-7-5-17(25)6-8-18/h2-8,13,19-20,22,29H,9-12,14-15H2,1H3,(H,26,30)/t20-,22+/m1/s1. The fourth-order valence-electron chi connectivity index (χ4n) is 4.60. The Morgan fingerprint density at radius 1 is 1.12 bits per heavy atom. The number of likely N-dealkylation sites (tertiary alicyclic amines) is 2. The van der Waals surface area contributed by atoms with E-state index in [2.05, 4.69) is 10.2 Å². The van der Waals surface area contributed by atoms with Gasteiger partial charge in [0.25, 0.3) is 5.91 Å². The van der Waals surface area contributed by atoms with Gasteiger partial charge in [0.1, 0.15) is 11.6 Å². The number of aliphatic hydroxyl groups excluding tert-OH is 1. The molecule has 2 aliphatic rings. The van der Waals surface area contributed by atoms with Crippen LogP contribution < -0.4 is 10.1 Å². The van der Waals surface area contributed by atoms with Crippen LogP contribution in [0.25, 0.3) is 0 Å². The van der Waals surface area contributed by atoms with Crippen molar-refractivity contribution in [1.82, 2.24) is 9.80 Å². The van der Waals surface area contributed by atoms with E-state index >= 15 is 0 Å². The Hall–Kier alpha value is -2.97. The molecule has 8 heteroatoms. The molecule has 170 valence electrons. The van der Waals surface area contributed by atoms with Gasteiger partial charge in [0.15, 0.2) is 0 Å². The van der Waals surface area contributed by atoms with Crippen LogP contribution in [0, 0.1) is 5.82 Å². The molecule has 32 heavy (non-hydrogen) atoms. The second-order valence-corrected chi connectivity index (χ2v) is 8.35. The Labute approximate surface area is 186 Å². The highest BCUT2D eigenvalue weighted by Crippen LogP contribution is 2.28. The molecule has 2 amide bonds. The zero-order chi connectivity index (χ0) is 22.7. The molecule has 2 heterocycles. The smallest absolute Gasteiger partial charge is 0.253 e. The third kappa shape index (κ3) is 4.92. The summed E-state index contributed by atoms with van der Waals surface area (Å²) >= 11 is 0. The molecule has 4 rings (SSSR count). The number of hydrogen-bond acceptors (Lipinski definition) is 5. The number of halogens is 1. The molecule has 0 aromatic heterocycles.